The Morgan fingerprint density at radius 2 is 1.90 bits per heavy atom. The van der Waals surface area contributed by atoms with Gasteiger partial charge in [-0.25, -0.2) is 9.37 Å². The fraction of sp³-hybridized carbons (Fsp3) is 0.400. The Kier molecular flexibility index (Phi) is 12.9. The molecule has 1 aromatic carbocycles. The second-order valence-corrected chi connectivity index (χ2v) is 5.87. The van der Waals surface area contributed by atoms with Crippen molar-refractivity contribution in [2.75, 3.05) is 40.5 Å². The number of methoxy groups -OCH3 is 1. The van der Waals surface area contributed by atoms with Crippen LogP contribution in [0.2, 0.25) is 0 Å². The topological polar surface area (TPSA) is 77.0 Å². The van der Waals surface area contributed by atoms with E-state index in [9.17, 15) is 4.39 Å². The van der Waals surface area contributed by atoms with Crippen LogP contribution in [-0.4, -0.2) is 51.5 Å². The van der Waals surface area contributed by atoms with Crippen molar-refractivity contribution in [1.82, 2.24) is 15.6 Å². The Labute approximate surface area is 188 Å². The largest absolute Gasteiger partial charge is 0.439 e. The molecule has 0 aliphatic carbocycles. The number of ether oxygens (including phenoxy) is 3. The molecule has 1 aromatic heterocycles. The molecule has 160 valence electrons. The average molecular weight is 518 g/mol. The summed E-state index contributed by atoms with van der Waals surface area (Å²) in [6.45, 7) is 3.19. The standard InChI is InChI=1S/C20H27FN4O3.HI/c1-22-20(24-9-3-11-27-13-12-26-2)25-15-16-8-10-23-19(14-16)28-18-6-4-17(21)5-7-18;/h4-8,10,14H,3,9,11-13,15H2,1-2H3,(H2,22,24,25);1H. The number of pyridine rings is 1. The van der Waals surface area contributed by atoms with Gasteiger partial charge in [-0.3, -0.25) is 4.99 Å². The summed E-state index contributed by atoms with van der Waals surface area (Å²) in [5, 5.41) is 6.48. The highest BCUT2D eigenvalue weighted by Crippen LogP contribution is 2.20. The van der Waals surface area contributed by atoms with Crippen molar-refractivity contribution >= 4 is 29.9 Å². The molecule has 0 aliphatic rings. The first-order chi connectivity index (χ1) is 13.7. The molecule has 0 radical (unpaired) electrons. The van der Waals surface area contributed by atoms with Crippen LogP contribution in [0.15, 0.2) is 47.6 Å². The van der Waals surface area contributed by atoms with Gasteiger partial charge in [-0.05, 0) is 42.3 Å². The number of benzene rings is 1. The van der Waals surface area contributed by atoms with Crippen LogP contribution in [0.25, 0.3) is 0 Å². The summed E-state index contributed by atoms with van der Waals surface area (Å²) in [5.74, 6) is 1.37. The number of halogens is 2. The van der Waals surface area contributed by atoms with E-state index in [1.807, 2.05) is 12.1 Å². The lowest BCUT2D eigenvalue weighted by atomic mass is 10.2. The van der Waals surface area contributed by atoms with Crippen LogP contribution >= 0.6 is 24.0 Å². The molecule has 0 amide bonds. The fourth-order valence-corrected chi connectivity index (χ4v) is 2.27. The highest BCUT2D eigenvalue weighted by atomic mass is 127. The van der Waals surface area contributed by atoms with Crippen molar-refractivity contribution in [3.63, 3.8) is 0 Å². The zero-order chi connectivity index (χ0) is 20.0. The maximum atomic E-state index is 13.0. The van der Waals surface area contributed by atoms with Gasteiger partial charge in [-0.15, -0.1) is 24.0 Å². The third kappa shape index (κ3) is 10.4. The summed E-state index contributed by atoms with van der Waals surface area (Å²) >= 11 is 0. The summed E-state index contributed by atoms with van der Waals surface area (Å²) in [7, 11) is 3.38. The van der Waals surface area contributed by atoms with E-state index in [-0.39, 0.29) is 29.8 Å². The Bertz CT molecular complexity index is 732. The number of aliphatic imine (C=N–C) groups is 1. The van der Waals surface area contributed by atoms with Gasteiger partial charge in [0.15, 0.2) is 5.96 Å². The van der Waals surface area contributed by atoms with Crippen molar-refractivity contribution in [3.05, 3.63) is 54.0 Å². The maximum absolute atomic E-state index is 13.0. The third-order valence-electron chi connectivity index (χ3n) is 3.71. The molecule has 9 heteroatoms. The van der Waals surface area contributed by atoms with Gasteiger partial charge in [-0.1, -0.05) is 0 Å². The molecule has 2 rings (SSSR count). The molecule has 0 saturated carbocycles. The molecule has 0 spiro atoms. The van der Waals surface area contributed by atoms with Crippen LogP contribution in [0.5, 0.6) is 11.6 Å². The molecular weight excluding hydrogens is 490 g/mol. The number of nitrogens with zero attached hydrogens (tertiary/aromatic N) is 2. The molecule has 2 aromatic rings. The maximum Gasteiger partial charge on any atom is 0.219 e. The molecule has 29 heavy (non-hydrogen) atoms. The van der Waals surface area contributed by atoms with Crippen molar-refractivity contribution in [1.29, 1.82) is 0 Å². The second kappa shape index (κ2) is 14.9. The number of hydrogen-bond donors (Lipinski definition) is 2. The predicted molar refractivity (Wildman–Crippen MR) is 122 cm³/mol. The van der Waals surface area contributed by atoms with E-state index in [0.717, 1.165) is 18.5 Å². The van der Waals surface area contributed by atoms with E-state index in [4.69, 9.17) is 14.2 Å². The molecule has 7 nitrogen and oxygen atoms in total. The van der Waals surface area contributed by atoms with E-state index in [2.05, 4.69) is 20.6 Å². The van der Waals surface area contributed by atoms with Crippen molar-refractivity contribution in [2.24, 2.45) is 4.99 Å². The Balaban J connectivity index is 0.00000420. The molecule has 1 heterocycles. The van der Waals surface area contributed by atoms with Gasteiger partial charge in [0.1, 0.15) is 11.6 Å². The second-order valence-electron chi connectivity index (χ2n) is 5.87. The van der Waals surface area contributed by atoms with Gasteiger partial charge in [0.25, 0.3) is 0 Å². The number of rotatable bonds is 11. The zero-order valence-corrected chi connectivity index (χ0v) is 19.0. The van der Waals surface area contributed by atoms with Crippen LogP contribution in [0.1, 0.15) is 12.0 Å². The number of hydrogen-bond acceptors (Lipinski definition) is 5. The molecule has 0 atom stereocenters. The minimum atomic E-state index is -0.307. The summed E-state index contributed by atoms with van der Waals surface area (Å²) in [4.78, 5) is 8.38. The van der Waals surface area contributed by atoms with Crippen LogP contribution in [0.3, 0.4) is 0 Å². The van der Waals surface area contributed by atoms with Crippen LogP contribution in [0.4, 0.5) is 4.39 Å². The van der Waals surface area contributed by atoms with Crippen LogP contribution in [-0.2, 0) is 16.0 Å². The van der Waals surface area contributed by atoms with E-state index in [1.54, 1.807) is 32.5 Å². The highest BCUT2D eigenvalue weighted by Gasteiger charge is 2.03. The summed E-state index contributed by atoms with van der Waals surface area (Å²) in [6, 6.07) is 9.53. The molecular formula is C20H28FIN4O3. The highest BCUT2D eigenvalue weighted by molar-refractivity contribution is 14.0. The fourth-order valence-electron chi connectivity index (χ4n) is 2.27. The lowest BCUT2D eigenvalue weighted by Gasteiger charge is -2.12. The first kappa shape index (κ1) is 25.1. The van der Waals surface area contributed by atoms with Crippen LogP contribution in [0, 0.1) is 5.82 Å². The average Bonchev–Trinajstić information content (AvgIpc) is 2.71. The van der Waals surface area contributed by atoms with Gasteiger partial charge < -0.3 is 24.8 Å². The van der Waals surface area contributed by atoms with Gasteiger partial charge in [0.05, 0.1) is 13.2 Å². The van der Waals surface area contributed by atoms with E-state index in [1.165, 1.54) is 12.1 Å². The molecule has 0 unspecified atom stereocenters. The van der Waals surface area contributed by atoms with Gasteiger partial charge >= 0.3 is 0 Å². The van der Waals surface area contributed by atoms with Crippen LogP contribution < -0.4 is 15.4 Å². The number of aromatic nitrogens is 1. The Morgan fingerprint density at radius 3 is 2.62 bits per heavy atom. The number of nitrogens with one attached hydrogen (secondary N) is 2. The van der Waals surface area contributed by atoms with Crippen molar-refractivity contribution < 1.29 is 18.6 Å². The van der Waals surface area contributed by atoms with Gasteiger partial charge in [-0.2, -0.15) is 0 Å². The summed E-state index contributed by atoms with van der Waals surface area (Å²) in [5.41, 5.74) is 0.984. The lowest BCUT2D eigenvalue weighted by molar-refractivity contribution is 0.0698. The van der Waals surface area contributed by atoms with Crippen molar-refractivity contribution in [2.45, 2.75) is 13.0 Å². The summed E-state index contributed by atoms with van der Waals surface area (Å²) in [6.07, 6.45) is 2.54. The van der Waals surface area contributed by atoms with E-state index >= 15 is 0 Å². The first-order valence-corrected chi connectivity index (χ1v) is 9.11. The van der Waals surface area contributed by atoms with Gasteiger partial charge in [0, 0.05) is 46.1 Å². The van der Waals surface area contributed by atoms with Crippen molar-refractivity contribution in [3.8, 4) is 11.6 Å². The first-order valence-electron chi connectivity index (χ1n) is 9.11. The third-order valence-corrected chi connectivity index (χ3v) is 3.71. The van der Waals surface area contributed by atoms with Gasteiger partial charge in [0.2, 0.25) is 5.88 Å². The molecule has 0 aliphatic heterocycles. The minimum Gasteiger partial charge on any atom is -0.439 e. The zero-order valence-electron chi connectivity index (χ0n) is 16.7. The molecule has 0 fully saturated rings. The molecule has 2 N–H and O–H groups in total. The minimum absolute atomic E-state index is 0. The Hall–Kier alpha value is -1.98. The molecule has 0 bridgehead atoms. The molecule has 0 saturated heterocycles. The van der Waals surface area contributed by atoms with E-state index in [0.29, 0.717) is 44.0 Å². The quantitative estimate of drug-likeness (QED) is 0.206. The normalized spacial score (nSPS) is 10.9. The SMILES string of the molecule is CN=C(NCCCOCCOC)NCc1ccnc(Oc2ccc(F)cc2)c1.I. The Morgan fingerprint density at radius 1 is 1.10 bits per heavy atom. The smallest absolute Gasteiger partial charge is 0.219 e. The monoisotopic (exact) mass is 518 g/mol. The predicted octanol–water partition coefficient (Wildman–Crippen LogP) is 3.35. The summed E-state index contributed by atoms with van der Waals surface area (Å²) < 4.78 is 29.0. The van der Waals surface area contributed by atoms with E-state index < -0.39 is 0 Å². The lowest BCUT2D eigenvalue weighted by Crippen LogP contribution is -2.37. The number of guanidine groups is 1.